The van der Waals surface area contributed by atoms with E-state index in [0.29, 0.717) is 15.7 Å². The molecule has 0 atom stereocenters. The Hall–Kier alpha value is -2.44. The summed E-state index contributed by atoms with van der Waals surface area (Å²) in [5, 5.41) is 3.36. The molecule has 128 valence electrons. The van der Waals surface area contributed by atoms with Crippen LogP contribution in [0.15, 0.2) is 53.4 Å². The molecule has 1 aliphatic rings. The molecule has 1 heterocycles. The highest BCUT2D eigenvalue weighted by molar-refractivity contribution is 8.18. The van der Waals surface area contributed by atoms with E-state index in [0.717, 1.165) is 23.0 Å². The van der Waals surface area contributed by atoms with Gasteiger partial charge in [0, 0.05) is 10.7 Å². The monoisotopic (exact) mass is 374 g/mol. The Kier molecular flexibility index (Phi) is 5.31. The molecule has 1 aliphatic heterocycles. The number of amides is 2. The molecule has 0 unspecified atom stereocenters. The number of benzene rings is 2. The predicted octanol–water partition coefficient (Wildman–Crippen LogP) is 4.45. The van der Waals surface area contributed by atoms with E-state index >= 15 is 0 Å². The Labute approximate surface area is 154 Å². The van der Waals surface area contributed by atoms with Crippen molar-refractivity contribution in [2.75, 3.05) is 19.1 Å². The zero-order chi connectivity index (χ0) is 17.8. The van der Waals surface area contributed by atoms with Crippen molar-refractivity contribution in [2.45, 2.75) is 0 Å². The van der Waals surface area contributed by atoms with E-state index in [1.54, 1.807) is 43.5 Å². The van der Waals surface area contributed by atoms with Gasteiger partial charge in [0.25, 0.3) is 11.1 Å². The van der Waals surface area contributed by atoms with Gasteiger partial charge in [-0.2, -0.15) is 0 Å². The zero-order valence-corrected chi connectivity index (χ0v) is 14.9. The van der Waals surface area contributed by atoms with Crippen molar-refractivity contribution >= 4 is 46.3 Å². The van der Waals surface area contributed by atoms with Gasteiger partial charge in [0.2, 0.25) is 0 Å². The molecule has 3 rings (SSSR count). The van der Waals surface area contributed by atoms with Crippen molar-refractivity contribution in [3.05, 3.63) is 64.0 Å². The minimum absolute atomic E-state index is 0.0990. The summed E-state index contributed by atoms with van der Waals surface area (Å²) in [6, 6.07) is 14.3. The van der Waals surface area contributed by atoms with Gasteiger partial charge in [0.1, 0.15) is 5.75 Å². The quantitative estimate of drug-likeness (QED) is 0.783. The molecule has 1 saturated heterocycles. The van der Waals surface area contributed by atoms with Crippen LogP contribution in [0.1, 0.15) is 5.56 Å². The Morgan fingerprint density at radius 1 is 1.20 bits per heavy atom. The summed E-state index contributed by atoms with van der Waals surface area (Å²) in [6.07, 6.45) is 1.69. The first-order chi connectivity index (χ1) is 12.1. The second kappa shape index (κ2) is 7.63. The van der Waals surface area contributed by atoms with Crippen LogP contribution >= 0.6 is 23.4 Å². The maximum absolute atomic E-state index is 12.5. The van der Waals surface area contributed by atoms with Crippen molar-refractivity contribution in [3.63, 3.8) is 0 Å². The number of rotatable bonds is 5. The van der Waals surface area contributed by atoms with Crippen molar-refractivity contribution in [3.8, 4) is 5.75 Å². The van der Waals surface area contributed by atoms with Gasteiger partial charge in [-0.25, -0.2) is 0 Å². The minimum Gasteiger partial charge on any atom is -0.497 e. The van der Waals surface area contributed by atoms with Crippen LogP contribution in [0.3, 0.4) is 0 Å². The average molecular weight is 375 g/mol. The molecule has 0 aliphatic carbocycles. The number of carbonyl (C=O) groups is 2. The van der Waals surface area contributed by atoms with Crippen molar-refractivity contribution in [2.24, 2.45) is 0 Å². The topological polar surface area (TPSA) is 58.6 Å². The second-order valence-electron chi connectivity index (χ2n) is 5.23. The Morgan fingerprint density at radius 3 is 2.68 bits per heavy atom. The SMILES string of the molecule is COc1cccc(/C=C2\SC(=O)N(CNc3ccc(Cl)cc3)C2=O)c1. The van der Waals surface area contributed by atoms with Gasteiger partial charge in [-0.3, -0.25) is 14.5 Å². The number of ether oxygens (including phenoxy) is 1. The van der Waals surface area contributed by atoms with Crippen molar-refractivity contribution < 1.29 is 14.3 Å². The van der Waals surface area contributed by atoms with Crippen LogP contribution in [-0.2, 0) is 4.79 Å². The lowest BCUT2D eigenvalue weighted by Gasteiger charge is -2.14. The lowest BCUT2D eigenvalue weighted by Crippen LogP contribution is -2.33. The Morgan fingerprint density at radius 2 is 1.96 bits per heavy atom. The molecular weight excluding hydrogens is 360 g/mol. The Bertz CT molecular complexity index is 836. The van der Waals surface area contributed by atoms with E-state index in [4.69, 9.17) is 16.3 Å². The molecule has 5 nitrogen and oxygen atoms in total. The normalized spacial score (nSPS) is 15.8. The first-order valence-electron chi connectivity index (χ1n) is 7.45. The van der Waals surface area contributed by atoms with Crippen LogP contribution in [0.5, 0.6) is 5.75 Å². The van der Waals surface area contributed by atoms with Gasteiger partial charge >= 0.3 is 0 Å². The average Bonchev–Trinajstić information content (AvgIpc) is 2.88. The fourth-order valence-corrected chi connectivity index (χ4v) is 3.22. The van der Waals surface area contributed by atoms with Gasteiger partial charge in [-0.05, 0) is 59.8 Å². The molecule has 0 radical (unpaired) electrons. The number of halogens is 1. The summed E-state index contributed by atoms with van der Waals surface area (Å²) in [4.78, 5) is 26.2. The zero-order valence-electron chi connectivity index (χ0n) is 13.4. The summed E-state index contributed by atoms with van der Waals surface area (Å²) < 4.78 is 5.17. The molecular formula is C18H15ClN2O3S. The van der Waals surface area contributed by atoms with Gasteiger partial charge in [0.15, 0.2) is 0 Å². The van der Waals surface area contributed by atoms with Crippen molar-refractivity contribution in [1.29, 1.82) is 0 Å². The summed E-state index contributed by atoms with van der Waals surface area (Å²) in [6.45, 7) is 0.0990. The maximum Gasteiger partial charge on any atom is 0.295 e. The van der Waals surface area contributed by atoms with Gasteiger partial charge in [-0.1, -0.05) is 23.7 Å². The third kappa shape index (κ3) is 4.15. The van der Waals surface area contributed by atoms with Crippen LogP contribution in [0.4, 0.5) is 10.5 Å². The molecule has 2 aromatic carbocycles. The summed E-state index contributed by atoms with van der Waals surface area (Å²) >= 11 is 6.76. The molecule has 0 saturated carbocycles. The molecule has 1 N–H and O–H groups in total. The highest BCUT2D eigenvalue weighted by atomic mass is 35.5. The van der Waals surface area contributed by atoms with E-state index in [1.807, 2.05) is 18.2 Å². The lowest BCUT2D eigenvalue weighted by molar-refractivity contribution is -0.122. The van der Waals surface area contributed by atoms with Crippen LogP contribution in [-0.4, -0.2) is 29.8 Å². The smallest absolute Gasteiger partial charge is 0.295 e. The van der Waals surface area contributed by atoms with Crippen LogP contribution < -0.4 is 10.1 Å². The van der Waals surface area contributed by atoms with Crippen LogP contribution in [0.25, 0.3) is 6.08 Å². The predicted molar refractivity (Wildman–Crippen MR) is 101 cm³/mol. The number of hydrogen-bond acceptors (Lipinski definition) is 5. The lowest BCUT2D eigenvalue weighted by atomic mass is 10.2. The third-order valence-corrected chi connectivity index (χ3v) is 4.71. The summed E-state index contributed by atoms with van der Waals surface area (Å²) in [7, 11) is 1.58. The number of nitrogens with zero attached hydrogens (tertiary/aromatic N) is 1. The number of carbonyl (C=O) groups excluding carboxylic acids is 2. The fraction of sp³-hybridized carbons (Fsp3) is 0.111. The molecule has 0 spiro atoms. The number of nitrogens with one attached hydrogen (secondary N) is 1. The highest BCUT2D eigenvalue weighted by Crippen LogP contribution is 2.32. The molecule has 1 fully saturated rings. The van der Waals surface area contributed by atoms with E-state index in [-0.39, 0.29) is 17.8 Å². The molecule has 0 aromatic heterocycles. The van der Waals surface area contributed by atoms with E-state index < -0.39 is 0 Å². The largest absolute Gasteiger partial charge is 0.497 e. The number of hydrogen-bond donors (Lipinski definition) is 1. The van der Waals surface area contributed by atoms with E-state index in [9.17, 15) is 9.59 Å². The van der Waals surface area contributed by atoms with Gasteiger partial charge in [-0.15, -0.1) is 0 Å². The number of imide groups is 1. The van der Waals surface area contributed by atoms with Gasteiger partial charge < -0.3 is 10.1 Å². The standard InChI is InChI=1S/C18H15ClN2O3S/c1-24-15-4-2-3-12(9-15)10-16-17(22)21(18(23)25-16)11-20-14-7-5-13(19)6-8-14/h2-10,20H,11H2,1H3/b16-10-. The second-order valence-corrected chi connectivity index (χ2v) is 6.66. The maximum atomic E-state index is 12.5. The summed E-state index contributed by atoms with van der Waals surface area (Å²) in [5.41, 5.74) is 1.58. The number of methoxy groups -OCH3 is 1. The first-order valence-corrected chi connectivity index (χ1v) is 8.65. The van der Waals surface area contributed by atoms with Crippen molar-refractivity contribution in [1.82, 2.24) is 4.90 Å². The third-order valence-electron chi connectivity index (χ3n) is 3.55. The molecule has 7 heteroatoms. The van der Waals surface area contributed by atoms with Crippen LogP contribution in [0, 0.1) is 0 Å². The Balaban J connectivity index is 1.71. The highest BCUT2D eigenvalue weighted by Gasteiger charge is 2.34. The molecule has 2 amide bonds. The van der Waals surface area contributed by atoms with Gasteiger partial charge in [0.05, 0.1) is 18.7 Å². The van der Waals surface area contributed by atoms with Crippen LogP contribution in [0.2, 0.25) is 5.02 Å². The molecule has 0 bridgehead atoms. The minimum atomic E-state index is -0.320. The number of thioether (sulfide) groups is 1. The first kappa shape index (κ1) is 17.4. The van der Waals surface area contributed by atoms with E-state index in [2.05, 4.69) is 5.32 Å². The van der Waals surface area contributed by atoms with E-state index in [1.165, 1.54) is 4.90 Å². The molecule has 2 aromatic rings. The summed E-state index contributed by atoms with van der Waals surface area (Å²) in [5.74, 6) is 0.372. The fourth-order valence-electron chi connectivity index (χ4n) is 2.26. The molecule has 25 heavy (non-hydrogen) atoms. The number of anilines is 1.